The molecule has 4 aromatic rings. The van der Waals surface area contributed by atoms with Crippen molar-refractivity contribution in [3.8, 4) is 11.3 Å². The summed E-state index contributed by atoms with van der Waals surface area (Å²) in [5, 5.41) is 3.58. The minimum absolute atomic E-state index is 0.225. The monoisotopic (exact) mass is 357 g/mol. The molecule has 4 nitrogen and oxygen atoms in total. The van der Waals surface area contributed by atoms with Crippen LogP contribution in [0.5, 0.6) is 0 Å². The van der Waals surface area contributed by atoms with Gasteiger partial charge in [0.15, 0.2) is 0 Å². The van der Waals surface area contributed by atoms with Crippen molar-refractivity contribution in [2.75, 3.05) is 0 Å². The lowest BCUT2D eigenvalue weighted by Gasteiger charge is -2.10. The van der Waals surface area contributed by atoms with Gasteiger partial charge in [0.05, 0.1) is 16.8 Å². The molecule has 5 heteroatoms. The Hall–Kier alpha value is -3.60. The zero-order valence-corrected chi connectivity index (χ0v) is 14.4. The smallest absolute Gasteiger partial charge is 0.252 e. The Morgan fingerprint density at radius 1 is 1.00 bits per heavy atom. The highest BCUT2D eigenvalue weighted by molar-refractivity contribution is 6.06. The number of fused-ring (bicyclic) bond motifs is 1. The lowest BCUT2D eigenvalue weighted by molar-refractivity contribution is 0.0952. The van der Waals surface area contributed by atoms with Crippen molar-refractivity contribution in [2.45, 2.75) is 6.54 Å². The maximum Gasteiger partial charge on any atom is 0.252 e. The maximum absolute atomic E-state index is 13.0. The van der Waals surface area contributed by atoms with Gasteiger partial charge in [-0.2, -0.15) is 0 Å². The molecule has 0 saturated carbocycles. The Kier molecular flexibility index (Phi) is 4.58. The minimum atomic E-state index is -0.302. The van der Waals surface area contributed by atoms with Crippen molar-refractivity contribution in [1.29, 1.82) is 0 Å². The number of rotatable bonds is 4. The largest absolute Gasteiger partial charge is 0.348 e. The van der Waals surface area contributed by atoms with E-state index in [-0.39, 0.29) is 11.7 Å². The highest BCUT2D eigenvalue weighted by Gasteiger charge is 2.14. The standard InChI is InChI=1S/C22H16FN3O/c23-17-8-6-15(7-9-17)13-25-22(27)18-12-21(16-4-2-1-3-5-16)26-20-10-11-24-14-19(18)20/h1-12,14H,13H2,(H,25,27). The molecule has 0 aliphatic heterocycles. The summed E-state index contributed by atoms with van der Waals surface area (Å²) in [4.78, 5) is 21.6. The van der Waals surface area contributed by atoms with E-state index in [0.717, 1.165) is 16.8 Å². The summed E-state index contributed by atoms with van der Waals surface area (Å²) < 4.78 is 13.0. The van der Waals surface area contributed by atoms with Crippen LogP contribution in [-0.2, 0) is 6.54 Å². The number of amides is 1. The quantitative estimate of drug-likeness (QED) is 0.590. The van der Waals surface area contributed by atoms with Crippen LogP contribution in [0.3, 0.4) is 0 Å². The third-order valence-electron chi connectivity index (χ3n) is 4.29. The number of hydrogen-bond donors (Lipinski definition) is 1. The number of benzene rings is 2. The minimum Gasteiger partial charge on any atom is -0.348 e. The Morgan fingerprint density at radius 2 is 1.78 bits per heavy atom. The predicted molar refractivity (Wildman–Crippen MR) is 103 cm³/mol. The topological polar surface area (TPSA) is 54.9 Å². The number of hydrogen-bond acceptors (Lipinski definition) is 3. The molecule has 0 aliphatic rings. The molecule has 0 fully saturated rings. The van der Waals surface area contributed by atoms with Crippen LogP contribution in [0.25, 0.3) is 22.2 Å². The van der Waals surface area contributed by atoms with Gasteiger partial charge in [-0.25, -0.2) is 9.37 Å². The van der Waals surface area contributed by atoms with Crippen molar-refractivity contribution in [3.63, 3.8) is 0 Å². The third-order valence-corrected chi connectivity index (χ3v) is 4.29. The van der Waals surface area contributed by atoms with E-state index >= 15 is 0 Å². The van der Waals surface area contributed by atoms with E-state index in [1.807, 2.05) is 30.3 Å². The molecule has 0 unspecified atom stereocenters. The van der Waals surface area contributed by atoms with Crippen LogP contribution in [-0.4, -0.2) is 15.9 Å². The molecule has 2 heterocycles. The van der Waals surface area contributed by atoms with E-state index in [2.05, 4.69) is 15.3 Å². The predicted octanol–water partition coefficient (Wildman–Crippen LogP) is 4.37. The number of aromatic nitrogens is 2. The van der Waals surface area contributed by atoms with E-state index in [9.17, 15) is 9.18 Å². The molecular formula is C22H16FN3O. The van der Waals surface area contributed by atoms with Crippen LogP contribution in [0, 0.1) is 5.82 Å². The van der Waals surface area contributed by atoms with Crippen LogP contribution in [0.15, 0.2) is 79.1 Å². The van der Waals surface area contributed by atoms with Crippen molar-refractivity contribution < 1.29 is 9.18 Å². The average molecular weight is 357 g/mol. The van der Waals surface area contributed by atoms with Gasteiger partial charge in [0.2, 0.25) is 0 Å². The Morgan fingerprint density at radius 3 is 2.56 bits per heavy atom. The van der Waals surface area contributed by atoms with E-state index in [1.54, 1.807) is 36.7 Å². The number of halogens is 1. The first-order chi connectivity index (χ1) is 13.2. The molecule has 132 valence electrons. The average Bonchev–Trinajstić information content (AvgIpc) is 2.73. The number of nitrogens with zero attached hydrogens (tertiary/aromatic N) is 2. The summed E-state index contributed by atoms with van der Waals surface area (Å²) >= 11 is 0. The molecule has 0 saturated heterocycles. The van der Waals surface area contributed by atoms with Crippen LogP contribution in [0.1, 0.15) is 15.9 Å². The normalized spacial score (nSPS) is 10.7. The Bertz CT molecular complexity index is 1100. The number of carbonyl (C=O) groups excluding carboxylic acids is 1. The molecule has 0 atom stereocenters. The molecule has 2 aromatic heterocycles. The molecular weight excluding hydrogens is 341 g/mol. The third kappa shape index (κ3) is 3.67. The molecule has 27 heavy (non-hydrogen) atoms. The highest BCUT2D eigenvalue weighted by atomic mass is 19.1. The summed E-state index contributed by atoms with van der Waals surface area (Å²) in [6, 6.07) is 19.3. The zero-order chi connectivity index (χ0) is 18.6. The zero-order valence-electron chi connectivity index (χ0n) is 14.4. The molecule has 1 N–H and O–H groups in total. The molecule has 4 rings (SSSR count). The van der Waals surface area contributed by atoms with Gasteiger partial charge in [0.25, 0.3) is 5.91 Å². The highest BCUT2D eigenvalue weighted by Crippen LogP contribution is 2.24. The second-order valence-electron chi connectivity index (χ2n) is 6.12. The first-order valence-corrected chi connectivity index (χ1v) is 8.53. The summed E-state index contributed by atoms with van der Waals surface area (Å²) in [6.07, 6.45) is 3.30. The molecule has 0 spiro atoms. The molecule has 0 radical (unpaired) electrons. The summed E-state index contributed by atoms with van der Waals surface area (Å²) in [5.74, 6) is -0.527. The van der Waals surface area contributed by atoms with E-state index < -0.39 is 0 Å². The van der Waals surface area contributed by atoms with Gasteiger partial charge in [-0.3, -0.25) is 9.78 Å². The van der Waals surface area contributed by atoms with E-state index in [4.69, 9.17) is 0 Å². The van der Waals surface area contributed by atoms with Gasteiger partial charge >= 0.3 is 0 Å². The number of nitrogens with one attached hydrogen (secondary N) is 1. The van der Waals surface area contributed by atoms with Crippen molar-refractivity contribution >= 4 is 16.8 Å². The fraction of sp³-hybridized carbons (Fsp3) is 0.0455. The van der Waals surface area contributed by atoms with E-state index in [1.165, 1.54) is 12.1 Å². The Labute approximate surface area is 155 Å². The van der Waals surface area contributed by atoms with Gasteiger partial charge in [-0.05, 0) is 29.8 Å². The van der Waals surface area contributed by atoms with Gasteiger partial charge in [0.1, 0.15) is 5.82 Å². The van der Waals surface area contributed by atoms with Crippen LogP contribution >= 0.6 is 0 Å². The lowest BCUT2D eigenvalue weighted by atomic mass is 10.0. The van der Waals surface area contributed by atoms with Crippen molar-refractivity contribution in [1.82, 2.24) is 15.3 Å². The van der Waals surface area contributed by atoms with Crippen molar-refractivity contribution in [2.24, 2.45) is 0 Å². The second kappa shape index (κ2) is 7.33. The molecule has 1 amide bonds. The number of carbonyl (C=O) groups is 1. The van der Waals surface area contributed by atoms with Gasteiger partial charge in [-0.1, -0.05) is 42.5 Å². The van der Waals surface area contributed by atoms with Crippen LogP contribution in [0.4, 0.5) is 4.39 Å². The fourth-order valence-electron chi connectivity index (χ4n) is 2.89. The molecule has 2 aromatic carbocycles. The first-order valence-electron chi connectivity index (χ1n) is 8.53. The van der Waals surface area contributed by atoms with Crippen molar-refractivity contribution in [3.05, 3.63) is 96.1 Å². The second-order valence-corrected chi connectivity index (χ2v) is 6.12. The van der Waals surface area contributed by atoms with Gasteiger partial charge < -0.3 is 5.32 Å². The van der Waals surface area contributed by atoms with Gasteiger partial charge in [0, 0.05) is 29.9 Å². The Balaban J connectivity index is 1.69. The van der Waals surface area contributed by atoms with E-state index in [0.29, 0.717) is 23.0 Å². The summed E-state index contributed by atoms with van der Waals surface area (Å²) in [5.41, 5.74) is 3.70. The first kappa shape index (κ1) is 16.8. The van der Waals surface area contributed by atoms with Gasteiger partial charge in [-0.15, -0.1) is 0 Å². The summed E-state index contributed by atoms with van der Waals surface area (Å²) in [7, 11) is 0. The number of pyridine rings is 2. The molecule has 0 aliphatic carbocycles. The van der Waals surface area contributed by atoms with Crippen LogP contribution < -0.4 is 5.32 Å². The maximum atomic E-state index is 13.0. The SMILES string of the molecule is O=C(NCc1ccc(F)cc1)c1cc(-c2ccccc2)nc2ccncc12. The molecule has 0 bridgehead atoms. The summed E-state index contributed by atoms with van der Waals surface area (Å²) in [6.45, 7) is 0.309. The fourth-order valence-corrected chi connectivity index (χ4v) is 2.89. The van der Waals surface area contributed by atoms with Crippen LogP contribution in [0.2, 0.25) is 0 Å². The lowest BCUT2D eigenvalue weighted by Crippen LogP contribution is -2.23.